The van der Waals surface area contributed by atoms with Gasteiger partial charge in [-0.05, 0) is 24.3 Å². The first-order valence-corrected chi connectivity index (χ1v) is 5.62. The molecular weight excluding hydrogens is 218 g/mol. The smallest absolute Gasteiger partial charge is 0.249 e. The Bertz CT molecular complexity index is 496. The van der Waals surface area contributed by atoms with Crippen molar-refractivity contribution in [3.8, 4) is 0 Å². The lowest BCUT2D eigenvalue weighted by atomic mass is 10.2. The molecule has 2 rings (SSSR count). The molecule has 0 aliphatic rings. The number of amides is 1. The van der Waals surface area contributed by atoms with Crippen LogP contribution in [-0.4, -0.2) is 5.91 Å². The molecule has 0 heterocycles. The zero-order chi connectivity index (χ0) is 11.4. The van der Waals surface area contributed by atoms with Gasteiger partial charge in [-0.1, -0.05) is 42.1 Å². The summed E-state index contributed by atoms with van der Waals surface area (Å²) in [5, 5.41) is 0. The van der Waals surface area contributed by atoms with Crippen molar-refractivity contribution in [3.05, 3.63) is 60.2 Å². The SMILES string of the molecule is NC(=O)c1ccccc1Sc1[c]cccc1. The normalized spacial score (nSPS) is 10.0. The van der Waals surface area contributed by atoms with Crippen LogP contribution in [0.15, 0.2) is 58.3 Å². The molecule has 1 radical (unpaired) electrons. The van der Waals surface area contributed by atoms with E-state index in [0.29, 0.717) is 5.56 Å². The molecule has 2 nitrogen and oxygen atoms in total. The lowest BCUT2D eigenvalue weighted by molar-refractivity contribution is 0.0997. The Morgan fingerprint density at radius 2 is 1.88 bits per heavy atom. The van der Waals surface area contributed by atoms with Crippen LogP contribution in [0.25, 0.3) is 0 Å². The number of primary amides is 1. The van der Waals surface area contributed by atoms with Crippen LogP contribution in [0, 0.1) is 6.07 Å². The van der Waals surface area contributed by atoms with Crippen molar-refractivity contribution in [1.82, 2.24) is 0 Å². The summed E-state index contributed by atoms with van der Waals surface area (Å²) in [6.07, 6.45) is 0. The van der Waals surface area contributed by atoms with Crippen molar-refractivity contribution in [1.29, 1.82) is 0 Å². The van der Waals surface area contributed by atoms with Gasteiger partial charge in [-0.3, -0.25) is 4.79 Å². The molecule has 16 heavy (non-hydrogen) atoms. The zero-order valence-electron chi connectivity index (χ0n) is 8.51. The summed E-state index contributed by atoms with van der Waals surface area (Å²) in [6, 6.07) is 18.0. The molecule has 0 aliphatic carbocycles. The van der Waals surface area contributed by atoms with Gasteiger partial charge in [0.2, 0.25) is 5.91 Å². The second kappa shape index (κ2) is 4.86. The maximum Gasteiger partial charge on any atom is 0.249 e. The average Bonchev–Trinajstić information content (AvgIpc) is 2.31. The number of hydrogen-bond acceptors (Lipinski definition) is 2. The van der Waals surface area contributed by atoms with Gasteiger partial charge in [0, 0.05) is 9.79 Å². The quantitative estimate of drug-likeness (QED) is 0.877. The van der Waals surface area contributed by atoms with Crippen molar-refractivity contribution < 1.29 is 4.79 Å². The Morgan fingerprint density at radius 3 is 2.56 bits per heavy atom. The predicted molar refractivity (Wildman–Crippen MR) is 64.4 cm³/mol. The van der Waals surface area contributed by atoms with E-state index in [0.717, 1.165) is 9.79 Å². The first-order chi connectivity index (χ1) is 7.77. The van der Waals surface area contributed by atoms with E-state index in [1.54, 1.807) is 12.1 Å². The minimum atomic E-state index is -0.404. The van der Waals surface area contributed by atoms with Crippen LogP contribution in [-0.2, 0) is 0 Å². The van der Waals surface area contributed by atoms with Gasteiger partial charge >= 0.3 is 0 Å². The van der Waals surface area contributed by atoms with E-state index in [4.69, 9.17) is 5.73 Å². The van der Waals surface area contributed by atoms with Crippen molar-refractivity contribution in [2.45, 2.75) is 9.79 Å². The van der Waals surface area contributed by atoms with Gasteiger partial charge in [0.15, 0.2) is 0 Å². The molecular formula is C13H10NOS. The fourth-order valence-electron chi connectivity index (χ4n) is 1.32. The molecule has 0 unspecified atom stereocenters. The Kier molecular flexibility index (Phi) is 3.27. The average molecular weight is 228 g/mol. The maximum atomic E-state index is 11.2. The third kappa shape index (κ3) is 2.44. The van der Waals surface area contributed by atoms with Gasteiger partial charge in [0.1, 0.15) is 0 Å². The third-order valence-electron chi connectivity index (χ3n) is 2.05. The van der Waals surface area contributed by atoms with Crippen LogP contribution in [0.4, 0.5) is 0 Å². The Morgan fingerprint density at radius 1 is 1.12 bits per heavy atom. The van der Waals surface area contributed by atoms with Crippen molar-refractivity contribution in [3.63, 3.8) is 0 Å². The molecule has 0 saturated carbocycles. The van der Waals surface area contributed by atoms with Crippen LogP contribution >= 0.6 is 11.8 Å². The Labute approximate surface area is 98.5 Å². The number of carbonyl (C=O) groups excluding carboxylic acids is 1. The van der Waals surface area contributed by atoms with Gasteiger partial charge < -0.3 is 5.73 Å². The molecule has 0 aromatic heterocycles. The molecule has 3 heteroatoms. The van der Waals surface area contributed by atoms with Gasteiger partial charge in [0.25, 0.3) is 0 Å². The zero-order valence-corrected chi connectivity index (χ0v) is 9.33. The highest BCUT2D eigenvalue weighted by molar-refractivity contribution is 7.99. The summed E-state index contributed by atoms with van der Waals surface area (Å²) >= 11 is 1.49. The third-order valence-corrected chi connectivity index (χ3v) is 3.10. The van der Waals surface area contributed by atoms with E-state index >= 15 is 0 Å². The van der Waals surface area contributed by atoms with Crippen LogP contribution in [0.2, 0.25) is 0 Å². The standard InChI is InChI=1S/C13H10NOS/c14-13(15)11-8-4-5-9-12(11)16-10-6-2-1-3-7-10/h1-6,8-9H,(H2,14,15). The van der Waals surface area contributed by atoms with E-state index in [1.165, 1.54) is 11.8 Å². The van der Waals surface area contributed by atoms with Crippen LogP contribution < -0.4 is 5.73 Å². The predicted octanol–water partition coefficient (Wildman–Crippen LogP) is 2.74. The highest BCUT2D eigenvalue weighted by Gasteiger charge is 2.07. The summed E-state index contributed by atoms with van der Waals surface area (Å²) in [5.41, 5.74) is 5.85. The summed E-state index contributed by atoms with van der Waals surface area (Å²) in [4.78, 5) is 13.0. The molecule has 79 valence electrons. The number of benzene rings is 2. The van der Waals surface area contributed by atoms with E-state index in [-0.39, 0.29) is 0 Å². The first-order valence-electron chi connectivity index (χ1n) is 4.81. The lowest BCUT2D eigenvalue weighted by Crippen LogP contribution is -2.11. The summed E-state index contributed by atoms with van der Waals surface area (Å²) in [6.45, 7) is 0. The van der Waals surface area contributed by atoms with E-state index < -0.39 is 5.91 Å². The van der Waals surface area contributed by atoms with Gasteiger partial charge in [-0.2, -0.15) is 0 Å². The largest absolute Gasteiger partial charge is 0.366 e. The van der Waals surface area contributed by atoms with Crippen LogP contribution in [0.5, 0.6) is 0 Å². The summed E-state index contributed by atoms with van der Waals surface area (Å²) in [5.74, 6) is -0.404. The number of hydrogen-bond donors (Lipinski definition) is 1. The second-order valence-electron chi connectivity index (χ2n) is 3.19. The minimum absolute atomic E-state index is 0.404. The van der Waals surface area contributed by atoms with Crippen LogP contribution in [0.1, 0.15) is 10.4 Å². The highest BCUT2D eigenvalue weighted by Crippen LogP contribution is 2.29. The summed E-state index contributed by atoms with van der Waals surface area (Å²) < 4.78 is 0. The minimum Gasteiger partial charge on any atom is -0.366 e. The second-order valence-corrected chi connectivity index (χ2v) is 4.27. The van der Waals surface area contributed by atoms with Crippen molar-refractivity contribution in [2.75, 3.05) is 0 Å². The van der Waals surface area contributed by atoms with Gasteiger partial charge in [-0.25, -0.2) is 0 Å². The molecule has 0 aliphatic heterocycles. The fraction of sp³-hybridized carbons (Fsp3) is 0. The van der Waals surface area contributed by atoms with Crippen LogP contribution in [0.3, 0.4) is 0 Å². The lowest BCUT2D eigenvalue weighted by Gasteiger charge is -2.05. The molecule has 1 amide bonds. The number of nitrogens with two attached hydrogens (primary N) is 1. The first kappa shape index (κ1) is 10.8. The monoisotopic (exact) mass is 228 g/mol. The van der Waals surface area contributed by atoms with Crippen molar-refractivity contribution >= 4 is 17.7 Å². The van der Waals surface area contributed by atoms with Gasteiger partial charge in [0.05, 0.1) is 5.56 Å². The topological polar surface area (TPSA) is 43.1 Å². The van der Waals surface area contributed by atoms with Crippen molar-refractivity contribution in [2.24, 2.45) is 5.73 Å². The fourth-order valence-corrected chi connectivity index (χ4v) is 2.25. The molecule has 0 bridgehead atoms. The van der Waals surface area contributed by atoms with Gasteiger partial charge in [-0.15, -0.1) is 0 Å². The van der Waals surface area contributed by atoms with E-state index in [2.05, 4.69) is 6.07 Å². The molecule has 2 N–H and O–H groups in total. The molecule has 0 spiro atoms. The maximum absolute atomic E-state index is 11.2. The highest BCUT2D eigenvalue weighted by atomic mass is 32.2. The Hall–Kier alpha value is -1.74. The molecule has 2 aromatic carbocycles. The molecule has 0 atom stereocenters. The van der Waals surface area contributed by atoms with E-state index in [1.807, 2.05) is 36.4 Å². The molecule has 0 fully saturated rings. The Balaban J connectivity index is 2.31. The van der Waals surface area contributed by atoms with E-state index in [9.17, 15) is 4.79 Å². The molecule has 0 saturated heterocycles. The summed E-state index contributed by atoms with van der Waals surface area (Å²) in [7, 11) is 0. The molecule has 2 aromatic rings. The number of carbonyl (C=O) groups is 1. The number of rotatable bonds is 3.